The smallest absolute Gasteiger partial charge is 0.344 e. The van der Waals surface area contributed by atoms with Crippen LogP contribution in [0.1, 0.15) is 45.9 Å². The fourth-order valence-electron chi connectivity index (χ4n) is 4.25. The number of aromatic nitrogens is 1. The zero-order valence-electron chi connectivity index (χ0n) is 18.5. The van der Waals surface area contributed by atoms with Crippen molar-refractivity contribution in [2.75, 3.05) is 26.2 Å². The van der Waals surface area contributed by atoms with Crippen LogP contribution >= 0.6 is 11.6 Å². The largest absolute Gasteiger partial charge is 0.353 e. The van der Waals surface area contributed by atoms with Crippen molar-refractivity contribution in [3.8, 4) is 0 Å². The maximum Gasteiger partial charge on any atom is 0.344 e. The minimum Gasteiger partial charge on any atom is -0.353 e. The zero-order chi connectivity index (χ0) is 23.5. The van der Waals surface area contributed by atoms with Gasteiger partial charge in [-0.25, -0.2) is 0 Å². The summed E-state index contributed by atoms with van der Waals surface area (Å²) >= 11 is 6.12. The van der Waals surface area contributed by atoms with Crippen molar-refractivity contribution < 1.29 is 14.2 Å². The molecule has 0 bridgehead atoms. The van der Waals surface area contributed by atoms with E-state index in [1.165, 1.54) is 12.5 Å². The Morgan fingerprint density at radius 2 is 1.67 bits per heavy atom. The summed E-state index contributed by atoms with van der Waals surface area (Å²) in [4.78, 5) is 27.6. The fraction of sp³-hybridized carbons (Fsp3) is 0.333. The van der Waals surface area contributed by atoms with E-state index in [1.807, 2.05) is 24.3 Å². The van der Waals surface area contributed by atoms with Gasteiger partial charge in [-0.05, 0) is 35.2 Å². The van der Waals surface area contributed by atoms with Crippen LogP contribution in [0.4, 0.5) is 5.69 Å². The average molecular weight is 469 g/mol. The molecule has 33 heavy (non-hydrogen) atoms. The van der Waals surface area contributed by atoms with Crippen molar-refractivity contribution in [3.63, 3.8) is 0 Å². The molecule has 3 aromatic rings. The molecule has 1 fully saturated rings. The van der Waals surface area contributed by atoms with Crippen molar-refractivity contribution in [3.05, 3.63) is 91.8 Å². The van der Waals surface area contributed by atoms with Gasteiger partial charge in [-0.3, -0.25) is 19.8 Å². The van der Waals surface area contributed by atoms with Gasteiger partial charge in [0.15, 0.2) is 0 Å². The quantitative estimate of drug-likeness (QED) is 0.386. The van der Waals surface area contributed by atoms with Crippen LogP contribution in [0.3, 0.4) is 0 Å². The van der Waals surface area contributed by atoms with Gasteiger partial charge in [0.05, 0.1) is 11.0 Å². The number of piperazine rings is 1. The van der Waals surface area contributed by atoms with E-state index < -0.39 is 10.8 Å². The highest BCUT2D eigenvalue weighted by Crippen LogP contribution is 2.31. The van der Waals surface area contributed by atoms with Crippen molar-refractivity contribution in [1.82, 2.24) is 15.0 Å². The first kappa shape index (κ1) is 22.9. The first-order valence-electron chi connectivity index (χ1n) is 10.9. The van der Waals surface area contributed by atoms with Gasteiger partial charge in [-0.15, -0.1) is 0 Å². The molecule has 1 aliphatic rings. The van der Waals surface area contributed by atoms with E-state index in [4.69, 9.17) is 16.1 Å². The SMILES string of the molecule is CCc1ccc(C(c2ccc(Cl)cc2)N2CCN(C(=O)c3noc(C)c3[N+](=O)[O-])CC2)cc1. The lowest BCUT2D eigenvalue weighted by molar-refractivity contribution is -0.386. The minimum atomic E-state index is -0.619. The number of carbonyl (C=O) groups is 1. The Morgan fingerprint density at radius 1 is 1.09 bits per heavy atom. The standard InChI is InChI=1S/C24H25ClN4O4/c1-3-17-4-6-18(7-5-17)23(19-8-10-20(25)11-9-19)27-12-14-28(15-13-27)24(30)21-22(29(31)32)16(2)33-26-21/h4-11,23H,3,12-15H2,1-2H3. The number of aryl methyl sites for hydroxylation is 2. The molecule has 1 aromatic heterocycles. The van der Waals surface area contributed by atoms with Crippen LogP contribution in [0.2, 0.25) is 5.02 Å². The lowest BCUT2D eigenvalue weighted by Crippen LogP contribution is -2.50. The molecule has 0 N–H and O–H groups in total. The molecular formula is C24H25ClN4O4. The average Bonchev–Trinajstić information content (AvgIpc) is 3.22. The number of hydrogen-bond acceptors (Lipinski definition) is 6. The molecule has 2 aromatic carbocycles. The Labute approximate surface area is 196 Å². The summed E-state index contributed by atoms with van der Waals surface area (Å²) in [5.74, 6) is -0.450. The lowest BCUT2D eigenvalue weighted by Gasteiger charge is -2.39. The van der Waals surface area contributed by atoms with Crippen LogP contribution in [0.5, 0.6) is 0 Å². The first-order chi connectivity index (χ1) is 15.9. The molecule has 4 rings (SSSR count). The molecule has 0 spiro atoms. The number of nitro groups is 1. The van der Waals surface area contributed by atoms with E-state index in [-0.39, 0.29) is 23.2 Å². The zero-order valence-corrected chi connectivity index (χ0v) is 19.3. The van der Waals surface area contributed by atoms with Crippen LogP contribution in [0.15, 0.2) is 53.1 Å². The molecule has 1 saturated heterocycles. The Morgan fingerprint density at radius 3 is 2.21 bits per heavy atom. The highest BCUT2D eigenvalue weighted by Gasteiger charge is 2.35. The monoisotopic (exact) mass is 468 g/mol. The van der Waals surface area contributed by atoms with Crippen LogP contribution in [-0.4, -0.2) is 52.0 Å². The highest BCUT2D eigenvalue weighted by molar-refractivity contribution is 6.30. The molecular weight excluding hydrogens is 444 g/mol. The number of benzene rings is 2. The second-order valence-electron chi connectivity index (χ2n) is 8.07. The van der Waals surface area contributed by atoms with Crippen LogP contribution in [0, 0.1) is 17.0 Å². The maximum absolute atomic E-state index is 12.9. The van der Waals surface area contributed by atoms with Crippen molar-refractivity contribution in [1.29, 1.82) is 0 Å². The van der Waals surface area contributed by atoms with Gasteiger partial charge in [0.1, 0.15) is 0 Å². The molecule has 172 valence electrons. The molecule has 9 heteroatoms. The number of nitrogens with zero attached hydrogens (tertiary/aromatic N) is 4. The second kappa shape index (κ2) is 9.72. The minimum absolute atomic E-state index is 0.00838. The van der Waals surface area contributed by atoms with Gasteiger partial charge in [0, 0.05) is 38.1 Å². The summed E-state index contributed by atoms with van der Waals surface area (Å²) in [6.07, 6.45) is 0.973. The van der Waals surface area contributed by atoms with E-state index in [0.29, 0.717) is 31.2 Å². The predicted molar refractivity (Wildman–Crippen MR) is 124 cm³/mol. The third kappa shape index (κ3) is 4.77. The first-order valence-corrected chi connectivity index (χ1v) is 11.2. The molecule has 1 atom stereocenters. The molecule has 0 saturated carbocycles. The normalized spacial score (nSPS) is 15.4. The van der Waals surface area contributed by atoms with Gasteiger partial charge in [0.25, 0.3) is 5.91 Å². The third-order valence-corrected chi connectivity index (χ3v) is 6.32. The number of halogens is 1. The Kier molecular flexibility index (Phi) is 6.76. The van der Waals surface area contributed by atoms with Gasteiger partial charge >= 0.3 is 5.69 Å². The number of hydrogen-bond donors (Lipinski definition) is 0. The van der Waals surface area contributed by atoms with Crippen LogP contribution in [0.25, 0.3) is 0 Å². The summed E-state index contributed by atoms with van der Waals surface area (Å²) < 4.78 is 4.91. The van der Waals surface area contributed by atoms with E-state index in [9.17, 15) is 14.9 Å². The maximum atomic E-state index is 12.9. The predicted octanol–water partition coefficient (Wildman–Crippen LogP) is 4.65. The molecule has 0 radical (unpaired) electrons. The molecule has 8 nitrogen and oxygen atoms in total. The molecule has 2 heterocycles. The number of amides is 1. The van der Waals surface area contributed by atoms with Gasteiger partial charge in [-0.1, -0.05) is 60.1 Å². The van der Waals surface area contributed by atoms with Crippen molar-refractivity contribution in [2.45, 2.75) is 26.3 Å². The Bertz CT molecular complexity index is 1140. The third-order valence-electron chi connectivity index (χ3n) is 6.07. The Hall–Kier alpha value is -3.23. The summed E-state index contributed by atoms with van der Waals surface area (Å²) in [6, 6.07) is 16.4. The van der Waals surface area contributed by atoms with Crippen molar-refractivity contribution in [2.24, 2.45) is 0 Å². The number of carbonyl (C=O) groups excluding carboxylic acids is 1. The van der Waals surface area contributed by atoms with E-state index in [0.717, 1.165) is 17.5 Å². The highest BCUT2D eigenvalue weighted by atomic mass is 35.5. The van der Waals surface area contributed by atoms with Crippen LogP contribution < -0.4 is 0 Å². The summed E-state index contributed by atoms with van der Waals surface area (Å²) in [5.41, 5.74) is 2.95. The lowest BCUT2D eigenvalue weighted by atomic mass is 9.95. The fourth-order valence-corrected chi connectivity index (χ4v) is 4.38. The van der Waals surface area contributed by atoms with Gasteiger partial charge in [0.2, 0.25) is 11.5 Å². The van der Waals surface area contributed by atoms with Crippen LogP contribution in [-0.2, 0) is 6.42 Å². The van der Waals surface area contributed by atoms with Crippen molar-refractivity contribution >= 4 is 23.2 Å². The summed E-state index contributed by atoms with van der Waals surface area (Å²) in [7, 11) is 0. The molecule has 1 amide bonds. The molecule has 0 aliphatic carbocycles. The topological polar surface area (TPSA) is 92.7 Å². The summed E-state index contributed by atoms with van der Waals surface area (Å²) in [5, 5.41) is 15.7. The number of rotatable bonds is 6. The Balaban J connectivity index is 1.55. The van der Waals surface area contributed by atoms with E-state index in [1.54, 1.807) is 4.90 Å². The van der Waals surface area contributed by atoms with E-state index >= 15 is 0 Å². The van der Waals surface area contributed by atoms with Gasteiger partial charge in [-0.2, -0.15) is 0 Å². The molecule has 1 unspecified atom stereocenters. The van der Waals surface area contributed by atoms with Gasteiger partial charge < -0.3 is 9.42 Å². The van der Waals surface area contributed by atoms with E-state index in [2.05, 4.69) is 41.2 Å². The molecule has 1 aliphatic heterocycles. The second-order valence-corrected chi connectivity index (χ2v) is 8.51. The summed E-state index contributed by atoms with van der Waals surface area (Å²) in [6.45, 7) is 5.64.